The van der Waals surface area contributed by atoms with Crippen LogP contribution in [0.15, 0.2) is 6.07 Å². The van der Waals surface area contributed by atoms with Crippen LogP contribution in [0.1, 0.15) is 25.0 Å². The number of aryl methyl sites for hydroxylation is 1. The number of hydrogen-bond acceptors (Lipinski definition) is 4. The molecule has 114 valence electrons. The lowest BCUT2D eigenvalue weighted by molar-refractivity contribution is -0.118. The van der Waals surface area contributed by atoms with E-state index in [0.717, 1.165) is 50.6 Å². The number of hydrogen-bond donors (Lipinski definition) is 0. The van der Waals surface area contributed by atoms with Crippen LogP contribution in [0.4, 0.5) is 5.82 Å². The Labute approximate surface area is 124 Å². The molecule has 2 saturated heterocycles. The first-order valence-corrected chi connectivity index (χ1v) is 7.89. The average Bonchev–Trinajstić information content (AvgIpc) is 3.17. The molecule has 0 spiro atoms. The van der Waals surface area contributed by atoms with E-state index in [-0.39, 0.29) is 5.91 Å². The fourth-order valence-electron chi connectivity index (χ4n) is 3.70. The number of carbonyl (C=O) groups excluding carboxylic acids is 1. The third-order valence-corrected chi connectivity index (χ3v) is 4.96. The van der Waals surface area contributed by atoms with Crippen LogP contribution < -0.4 is 4.90 Å². The van der Waals surface area contributed by atoms with Gasteiger partial charge in [-0.05, 0) is 12.8 Å². The van der Waals surface area contributed by atoms with Crippen LogP contribution in [0.5, 0.6) is 0 Å². The molecule has 1 amide bonds. The van der Waals surface area contributed by atoms with Crippen molar-refractivity contribution in [3.63, 3.8) is 0 Å². The molecular weight excluding hydrogens is 268 g/mol. The summed E-state index contributed by atoms with van der Waals surface area (Å²) >= 11 is 0. The van der Waals surface area contributed by atoms with Gasteiger partial charge in [0.1, 0.15) is 5.82 Å². The van der Waals surface area contributed by atoms with Gasteiger partial charge in [0.05, 0.1) is 18.4 Å². The summed E-state index contributed by atoms with van der Waals surface area (Å²) in [5.41, 5.74) is 1.09. The molecule has 3 aliphatic rings. The Morgan fingerprint density at radius 3 is 3.14 bits per heavy atom. The predicted molar refractivity (Wildman–Crippen MR) is 78.3 cm³/mol. The molecule has 0 aromatic carbocycles. The summed E-state index contributed by atoms with van der Waals surface area (Å²) < 4.78 is 7.62. The summed E-state index contributed by atoms with van der Waals surface area (Å²) in [4.78, 5) is 16.2. The van der Waals surface area contributed by atoms with Gasteiger partial charge < -0.3 is 9.64 Å². The van der Waals surface area contributed by atoms with Crippen LogP contribution in [-0.4, -0.2) is 59.5 Å². The number of fused-ring (bicyclic) bond motifs is 3. The first-order chi connectivity index (χ1) is 10.2. The molecule has 4 heterocycles. The predicted octanol–water partition coefficient (Wildman–Crippen LogP) is 0.655. The Kier molecular flexibility index (Phi) is 3.23. The number of morpholine rings is 1. The van der Waals surface area contributed by atoms with Gasteiger partial charge >= 0.3 is 0 Å². The van der Waals surface area contributed by atoms with Crippen LogP contribution in [0, 0.1) is 0 Å². The third-order valence-electron chi connectivity index (χ3n) is 4.96. The molecule has 6 nitrogen and oxygen atoms in total. The number of nitrogens with zero attached hydrogens (tertiary/aromatic N) is 4. The molecule has 2 atom stereocenters. The highest BCUT2D eigenvalue weighted by Crippen LogP contribution is 2.28. The zero-order valence-electron chi connectivity index (χ0n) is 12.5. The molecule has 0 radical (unpaired) electrons. The molecule has 2 bridgehead atoms. The Morgan fingerprint density at radius 2 is 2.38 bits per heavy atom. The van der Waals surface area contributed by atoms with Gasteiger partial charge in [0.15, 0.2) is 0 Å². The van der Waals surface area contributed by atoms with Gasteiger partial charge in [-0.15, -0.1) is 0 Å². The molecule has 2 unspecified atom stereocenters. The lowest BCUT2D eigenvalue weighted by Gasteiger charge is -2.26. The van der Waals surface area contributed by atoms with Gasteiger partial charge in [-0.3, -0.25) is 9.69 Å². The number of aromatic nitrogens is 2. The SMILES string of the molecule is CN1C(=O)CCCn2nc(CCN3CC4CC3CO4)cc21. The van der Waals surface area contributed by atoms with E-state index < -0.39 is 0 Å². The molecule has 2 fully saturated rings. The summed E-state index contributed by atoms with van der Waals surface area (Å²) in [6.07, 6.45) is 4.09. The van der Waals surface area contributed by atoms with Crippen LogP contribution in [0.2, 0.25) is 0 Å². The van der Waals surface area contributed by atoms with Crippen molar-refractivity contribution in [2.45, 2.75) is 44.4 Å². The molecule has 3 aliphatic heterocycles. The Hall–Kier alpha value is -1.40. The zero-order valence-corrected chi connectivity index (χ0v) is 12.5. The van der Waals surface area contributed by atoms with E-state index in [9.17, 15) is 4.79 Å². The summed E-state index contributed by atoms with van der Waals surface area (Å²) in [7, 11) is 1.85. The second-order valence-corrected chi connectivity index (χ2v) is 6.36. The molecule has 4 rings (SSSR count). The van der Waals surface area contributed by atoms with Crippen molar-refractivity contribution in [3.8, 4) is 0 Å². The normalized spacial score (nSPS) is 29.0. The molecule has 0 saturated carbocycles. The van der Waals surface area contributed by atoms with E-state index in [1.54, 1.807) is 4.90 Å². The van der Waals surface area contributed by atoms with Crippen LogP contribution in [-0.2, 0) is 22.5 Å². The number of anilines is 1. The Balaban J connectivity index is 1.43. The monoisotopic (exact) mass is 290 g/mol. The minimum absolute atomic E-state index is 0.189. The lowest BCUT2D eigenvalue weighted by atomic mass is 10.2. The van der Waals surface area contributed by atoms with Gasteiger partial charge in [0.2, 0.25) is 5.91 Å². The summed E-state index contributed by atoms with van der Waals surface area (Å²) in [5, 5.41) is 4.68. The van der Waals surface area contributed by atoms with E-state index in [1.165, 1.54) is 6.42 Å². The van der Waals surface area contributed by atoms with Crippen molar-refractivity contribution in [2.24, 2.45) is 0 Å². The Bertz CT molecular complexity index is 556. The van der Waals surface area contributed by atoms with Gasteiger partial charge in [-0.25, -0.2) is 4.68 Å². The molecule has 21 heavy (non-hydrogen) atoms. The third kappa shape index (κ3) is 2.36. The highest BCUT2D eigenvalue weighted by atomic mass is 16.5. The Morgan fingerprint density at radius 1 is 1.48 bits per heavy atom. The van der Waals surface area contributed by atoms with E-state index in [0.29, 0.717) is 18.6 Å². The van der Waals surface area contributed by atoms with Gasteiger partial charge in [0, 0.05) is 51.6 Å². The second kappa shape index (κ2) is 5.10. The number of carbonyl (C=O) groups is 1. The van der Waals surface area contributed by atoms with E-state index in [1.807, 2.05) is 11.7 Å². The van der Waals surface area contributed by atoms with Crippen molar-refractivity contribution >= 4 is 11.7 Å². The van der Waals surface area contributed by atoms with Crippen molar-refractivity contribution in [3.05, 3.63) is 11.8 Å². The maximum Gasteiger partial charge on any atom is 0.227 e. The maximum absolute atomic E-state index is 11.9. The quantitative estimate of drug-likeness (QED) is 0.820. The molecule has 1 aromatic heterocycles. The standard InChI is InChI=1S/C15H22N4O2/c1-17-14-7-11(16-19(14)5-2-3-15(17)20)4-6-18-9-13-8-12(18)10-21-13/h7,12-13H,2-6,8-10H2,1H3. The largest absolute Gasteiger partial charge is 0.375 e. The van der Waals surface area contributed by atoms with E-state index in [2.05, 4.69) is 16.1 Å². The first kappa shape index (κ1) is 13.3. The molecular formula is C15H22N4O2. The van der Waals surface area contributed by atoms with Gasteiger partial charge in [-0.2, -0.15) is 5.10 Å². The van der Waals surface area contributed by atoms with E-state index >= 15 is 0 Å². The minimum atomic E-state index is 0.189. The van der Waals surface area contributed by atoms with Crippen LogP contribution in [0.25, 0.3) is 0 Å². The summed E-state index contributed by atoms with van der Waals surface area (Å²) in [6, 6.07) is 2.69. The highest BCUT2D eigenvalue weighted by Gasteiger charge is 2.38. The van der Waals surface area contributed by atoms with Crippen molar-refractivity contribution in [2.75, 3.05) is 31.6 Å². The number of amides is 1. The fourth-order valence-corrected chi connectivity index (χ4v) is 3.70. The van der Waals surface area contributed by atoms with Crippen molar-refractivity contribution < 1.29 is 9.53 Å². The molecule has 6 heteroatoms. The van der Waals surface area contributed by atoms with Crippen molar-refractivity contribution in [1.29, 1.82) is 0 Å². The lowest BCUT2D eigenvalue weighted by Crippen LogP contribution is -2.38. The number of rotatable bonds is 3. The minimum Gasteiger partial charge on any atom is -0.375 e. The van der Waals surface area contributed by atoms with Crippen LogP contribution in [0.3, 0.4) is 0 Å². The summed E-state index contributed by atoms with van der Waals surface area (Å²) in [5.74, 6) is 1.13. The number of ether oxygens (including phenoxy) is 1. The van der Waals surface area contributed by atoms with Gasteiger partial charge in [-0.1, -0.05) is 0 Å². The first-order valence-electron chi connectivity index (χ1n) is 7.89. The van der Waals surface area contributed by atoms with Crippen molar-refractivity contribution in [1.82, 2.24) is 14.7 Å². The molecule has 1 aromatic rings. The summed E-state index contributed by atoms with van der Waals surface area (Å²) in [6.45, 7) is 3.84. The zero-order chi connectivity index (χ0) is 14.4. The van der Waals surface area contributed by atoms with E-state index in [4.69, 9.17) is 4.74 Å². The maximum atomic E-state index is 11.9. The van der Waals surface area contributed by atoms with Gasteiger partial charge in [0.25, 0.3) is 0 Å². The average molecular weight is 290 g/mol. The molecule has 0 N–H and O–H groups in total. The number of likely N-dealkylation sites (tertiary alicyclic amines) is 1. The highest BCUT2D eigenvalue weighted by molar-refractivity contribution is 5.92. The molecule has 0 aliphatic carbocycles. The topological polar surface area (TPSA) is 50.6 Å². The van der Waals surface area contributed by atoms with Crippen LogP contribution >= 0.6 is 0 Å². The fraction of sp³-hybridized carbons (Fsp3) is 0.733. The smallest absolute Gasteiger partial charge is 0.227 e. The second-order valence-electron chi connectivity index (χ2n) is 6.36.